The van der Waals surface area contributed by atoms with E-state index in [4.69, 9.17) is 4.74 Å². The smallest absolute Gasteiger partial charge is 0.341 e. The monoisotopic (exact) mass is 411 g/mol. The summed E-state index contributed by atoms with van der Waals surface area (Å²) in [6, 6.07) is 4.64. The van der Waals surface area contributed by atoms with Gasteiger partial charge in [0, 0.05) is 37.9 Å². The van der Waals surface area contributed by atoms with Crippen molar-refractivity contribution in [1.82, 2.24) is 9.88 Å². The topological polar surface area (TPSA) is 83.8 Å². The highest BCUT2D eigenvalue weighted by Gasteiger charge is 2.34. The molecule has 1 aromatic heterocycles. The van der Waals surface area contributed by atoms with E-state index in [1.54, 1.807) is 13.2 Å². The molecule has 0 radical (unpaired) electrons. The molecule has 2 aliphatic carbocycles. The van der Waals surface area contributed by atoms with Crippen molar-refractivity contribution in [3.8, 4) is 5.75 Å². The maximum atomic E-state index is 12.9. The Bertz CT molecular complexity index is 1050. The number of ether oxygens (including phenoxy) is 1. The minimum absolute atomic E-state index is 0.176. The number of carboxylic acids is 1. The van der Waals surface area contributed by atoms with Gasteiger partial charge in [-0.05, 0) is 49.7 Å². The van der Waals surface area contributed by atoms with Crippen LogP contribution in [0.5, 0.6) is 5.75 Å². The molecule has 7 nitrogen and oxygen atoms in total. The molecule has 2 N–H and O–H groups in total. The second-order valence-corrected chi connectivity index (χ2v) is 9.15. The molecule has 30 heavy (non-hydrogen) atoms. The van der Waals surface area contributed by atoms with Crippen molar-refractivity contribution in [2.45, 2.75) is 44.7 Å². The van der Waals surface area contributed by atoms with Crippen LogP contribution >= 0.6 is 0 Å². The fourth-order valence-electron chi connectivity index (χ4n) is 4.75. The van der Waals surface area contributed by atoms with Crippen LogP contribution < -0.4 is 20.4 Å². The van der Waals surface area contributed by atoms with Crippen LogP contribution in [0.1, 0.15) is 49.0 Å². The molecule has 3 fully saturated rings. The summed E-state index contributed by atoms with van der Waals surface area (Å²) in [5.41, 5.74) is 1.09. The van der Waals surface area contributed by atoms with Gasteiger partial charge in [0.2, 0.25) is 5.43 Å². The lowest BCUT2D eigenvalue weighted by atomic mass is 9.98. The minimum Gasteiger partial charge on any atom is -0.492 e. The molecule has 0 spiro atoms. The van der Waals surface area contributed by atoms with E-state index >= 15 is 0 Å². The van der Waals surface area contributed by atoms with Gasteiger partial charge in [0.05, 0.1) is 23.7 Å². The third kappa shape index (κ3) is 3.35. The first-order chi connectivity index (χ1) is 14.5. The quantitative estimate of drug-likeness (QED) is 0.729. The average molecular weight is 412 g/mol. The molecule has 0 amide bonds. The molecule has 0 bridgehead atoms. The maximum Gasteiger partial charge on any atom is 0.341 e. The minimum atomic E-state index is -1.18. The van der Waals surface area contributed by atoms with Gasteiger partial charge in [-0.1, -0.05) is 6.92 Å². The van der Waals surface area contributed by atoms with Crippen LogP contribution in [0.2, 0.25) is 0 Å². The van der Waals surface area contributed by atoms with Crippen LogP contribution in [0.4, 0.5) is 5.69 Å². The van der Waals surface area contributed by atoms with E-state index in [0.29, 0.717) is 29.0 Å². The molecule has 2 saturated carbocycles. The molecule has 0 unspecified atom stereocenters. The Morgan fingerprint density at radius 3 is 2.63 bits per heavy atom. The molecule has 2 heterocycles. The number of hydrogen-bond donors (Lipinski definition) is 2. The van der Waals surface area contributed by atoms with Gasteiger partial charge in [-0.25, -0.2) is 4.79 Å². The second kappa shape index (κ2) is 7.30. The number of nitrogens with zero attached hydrogens (tertiary/aromatic N) is 2. The van der Waals surface area contributed by atoms with Gasteiger partial charge in [0.1, 0.15) is 5.56 Å². The maximum absolute atomic E-state index is 12.9. The first kappa shape index (κ1) is 19.4. The van der Waals surface area contributed by atoms with Crippen molar-refractivity contribution in [2.24, 2.45) is 11.8 Å². The Balaban J connectivity index is 1.56. The van der Waals surface area contributed by atoms with E-state index in [9.17, 15) is 14.7 Å². The molecule has 1 saturated heterocycles. The van der Waals surface area contributed by atoms with Crippen molar-refractivity contribution in [3.63, 3.8) is 0 Å². The fourth-order valence-corrected chi connectivity index (χ4v) is 4.75. The number of carbonyl (C=O) groups is 1. The van der Waals surface area contributed by atoms with E-state index in [1.165, 1.54) is 19.0 Å². The number of fused-ring (bicyclic) bond motifs is 1. The Kier molecular flexibility index (Phi) is 4.73. The van der Waals surface area contributed by atoms with Crippen LogP contribution in [0.3, 0.4) is 0 Å². The summed E-state index contributed by atoms with van der Waals surface area (Å²) in [7, 11) is 1.64. The standard InChI is InChI=1S/C23H29N3O4/c1-13-10-25(11-14(13)9-24-15-3-4-15)19-8-7-17-20(22(19)30-2)26(16-5-6-16)12-18(21(17)27)23(28)29/h7-8,12-16,24H,3-6,9-11H2,1-2H3,(H,28,29)/t13-,14-/m0/s1. The molecule has 2 aromatic rings. The number of nitrogens with one attached hydrogen (secondary N) is 1. The zero-order valence-electron chi connectivity index (χ0n) is 17.6. The van der Waals surface area contributed by atoms with E-state index in [-0.39, 0.29) is 11.6 Å². The van der Waals surface area contributed by atoms with Gasteiger partial charge in [-0.15, -0.1) is 0 Å². The third-order valence-electron chi connectivity index (χ3n) is 6.86. The van der Waals surface area contributed by atoms with Crippen molar-refractivity contribution in [2.75, 3.05) is 31.6 Å². The summed E-state index contributed by atoms with van der Waals surface area (Å²) in [5, 5.41) is 13.6. The molecule has 1 aromatic carbocycles. The average Bonchev–Trinajstić information content (AvgIpc) is 3.64. The molecule has 7 heteroatoms. The number of methoxy groups -OCH3 is 1. The van der Waals surface area contributed by atoms with Gasteiger partial charge in [-0.2, -0.15) is 0 Å². The lowest BCUT2D eigenvalue weighted by Gasteiger charge is -2.24. The molecular formula is C23H29N3O4. The summed E-state index contributed by atoms with van der Waals surface area (Å²) in [6.45, 7) is 5.22. The molecule has 5 rings (SSSR count). The first-order valence-corrected chi connectivity index (χ1v) is 11.0. The molecule has 3 aliphatic rings. The third-order valence-corrected chi connectivity index (χ3v) is 6.86. The molecule has 1 aliphatic heterocycles. The predicted molar refractivity (Wildman–Crippen MR) is 116 cm³/mol. The predicted octanol–water partition coefficient (Wildman–Crippen LogP) is 2.87. The number of aromatic nitrogens is 1. The Morgan fingerprint density at radius 1 is 1.23 bits per heavy atom. The largest absolute Gasteiger partial charge is 0.492 e. The first-order valence-electron chi connectivity index (χ1n) is 11.0. The number of benzene rings is 1. The number of hydrogen-bond acceptors (Lipinski definition) is 5. The van der Waals surface area contributed by atoms with Crippen molar-refractivity contribution < 1.29 is 14.6 Å². The highest BCUT2D eigenvalue weighted by Crippen LogP contribution is 2.43. The van der Waals surface area contributed by atoms with E-state index in [1.807, 2.05) is 10.6 Å². The Hall–Kier alpha value is -2.54. The summed E-state index contributed by atoms with van der Waals surface area (Å²) >= 11 is 0. The molecule has 2 atom stereocenters. The van der Waals surface area contributed by atoms with Gasteiger partial charge < -0.3 is 24.6 Å². The van der Waals surface area contributed by atoms with Gasteiger partial charge in [-0.3, -0.25) is 4.79 Å². The fraction of sp³-hybridized carbons (Fsp3) is 0.565. The van der Waals surface area contributed by atoms with Crippen molar-refractivity contribution in [1.29, 1.82) is 0 Å². The normalized spacial score (nSPS) is 23.9. The van der Waals surface area contributed by atoms with Gasteiger partial charge >= 0.3 is 5.97 Å². The van der Waals surface area contributed by atoms with Crippen LogP contribution in [0.25, 0.3) is 10.9 Å². The van der Waals surface area contributed by atoms with Gasteiger partial charge in [0.25, 0.3) is 0 Å². The van der Waals surface area contributed by atoms with Gasteiger partial charge in [0.15, 0.2) is 5.75 Å². The lowest BCUT2D eigenvalue weighted by Crippen LogP contribution is -2.29. The summed E-state index contributed by atoms with van der Waals surface area (Å²) in [4.78, 5) is 26.8. The number of aromatic carboxylic acids is 1. The Labute approximate surface area is 175 Å². The molecule has 160 valence electrons. The molecular weight excluding hydrogens is 382 g/mol. The summed E-state index contributed by atoms with van der Waals surface area (Å²) in [5.74, 6) is 0.637. The lowest BCUT2D eigenvalue weighted by molar-refractivity contribution is 0.0695. The Morgan fingerprint density at radius 2 is 2.00 bits per heavy atom. The number of anilines is 1. The van der Waals surface area contributed by atoms with E-state index in [0.717, 1.165) is 43.7 Å². The second-order valence-electron chi connectivity index (χ2n) is 9.15. The van der Waals surface area contributed by atoms with Crippen molar-refractivity contribution >= 4 is 22.6 Å². The zero-order chi connectivity index (χ0) is 21.0. The SMILES string of the molecule is COc1c(N2C[C@H](CNC3CC3)[C@@H](C)C2)ccc2c(=O)c(C(=O)O)cn(C3CC3)c12. The number of pyridine rings is 1. The summed E-state index contributed by atoms with van der Waals surface area (Å²) < 4.78 is 7.81. The van der Waals surface area contributed by atoms with Crippen LogP contribution in [0.15, 0.2) is 23.1 Å². The number of rotatable bonds is 7. The van der Waals surface area contributed by atoms with Crippen LogP contribution in [-0.2, 0) is 0 Å². The summed E-state index contributed by atoms with van der Waals surface area (Å²) in [6.07, 6.45) is 6.06. The van der Waals surface area contributed by atoms with E-state index in [2.05, 4.69) is 17.1 Å². The number of carboxylic acid groups (broad SMARTS) is 1. The highest BCUT2D eigenvalue weighted by molar-refractivity contribution is 5.97. The zero-order valence-corrected chi connectivity index (χ0v) is 17.6. The van der Waals surface area contributed by atoms with E-state index < -0.39 is 11.4 Å². The highest BCUT2D eigenvalue weighted by atomic mass is 16.5. The van der Waals surface area contributed by atoms with Crippen LogP contribution in [0, 0.1) is 11.8 Å². The van der Waals surface area contributed by atoms with Crippen molar-refractivity contribution in [3.05, 3.63) is 34.1 Å². The van der Waals surface area contributed by atoms with Crippen LogP contribution in [-0.4, -0.2) is 48.4 Å².